The zero-order chi connectivity index (χ0) is 12.0. The summed E-state index contributed by atoms with van der Waals surface area (Å²) < 4.78 is 5.36. The molecule has 0 amide bonds. The summed E-state index contributed by atoms with van der Waals surface area (Å²) in [7, 11) is 0. The first-order chi connectivity index (χ1) is 7.67. The van der Waals surface area contributed by atoms with Crippen LogP contribution in [0.2, 0.25) is 5.02 Å². The van der Waals surface area contributed by atoms with Crippen molar-refractivity contribution in [2.75, 3.05) is 26.4 Å². The summed E-state index contributed by atoms with van der Waals surface area (Å²) >= 11 is 5.87. The van der Waals surface area contributed by atoms with Crippen LogP contribution in [0, 0.1) is 5.41 Å². The molecule has 0 spiro atoms. The highest BCUT2D eigenvalue weighted by atomic mass is 35.5. The molecule has 1 aromatic rings. The number of rotatable bonds is 6. The van der Waals surface area contributed by atoms with Gasteiger partial charge in [-0.2, -0.15) is 0 Å². The van der Waals surface area contributed by atoms with Crippen LogP contribution in [0.1, 0.15) is 0 Å². The van der Waals surface area contributed by atoms with E-state index < -0.39 is 5.41 Å². The first-order valence-corrected chi connectivity index (χ1v) is 5.25. The van der Waals surface area contributed by atoms with Gasteiger partial charge in [-0.15, -0.1) is 0 Å². The molecule has 0 saturated heterocycles. The van der Waals surface area contributed by atoms with Gasteiger partial charge in [-0.05, 0) is 12.1 Å². The van der Waals surface area contributed by atoms with Crippen molar-refractivity contribution in [1.29, 1.82) is 0 Å². The predicted octanol–water partition coefficient (Wildman–Crippen LogP) is 0.682. The number of aliphatic hydroxyl groups is 3. The van der Waals surface area contributed by atoms with E-state index in [0.717, 1.165) is 0 Å². The Morgan fingerprint density at radius 3 is 2.12 bits per heavy atom. The van der Waals surface area contributed by atoms with Crippen molar-refractivity contribution in [2.24, 2.45) is 5.41 Å². The van der Waals surface area contributed by atoms with Crippen LogP contribution in [0.15, 0.2) is 24.3 Å². The van der Waals surface area contributed by atoms with Gasteiger partial charge in [0.1, 0.15) is 12.4 Å². The van der Waals surface area contributed by atoms with Gasteiger partial charge in [0, 0.05) is 0 Å². The molecule has 0 fully saturated rings. The Labute approximate surface area is 99.1 Å². The maximum Gasteiger partial charge on any atom is 0.137 e. The van der Waals surface area contributed by atoms with E-state index in [2.05, 4.69) is 0 Å². The first-order valence-electron chi connectivity index (χ1n) is 4.87. The number of ether oxygens (including phenoxy) is 1. The molecule has 0 heterocycles. The van der Waals surface area contributed by atoms with Crippen LogP contribution in [0.5, 0.6) is 5.75 Å². The van der Waals surface area contributed by atoms with Crippen molar-refractivity contribution in [3.05, 3.63) is 29.3 Å². The van der Waals surface area contributed by atoms with Crippen molar-refractivity contribution in [1.82, 2.24) is 0 Å². The SMILES string of the molecule is OCC(CO)(CO)COc1ccccc1Cl. The van der Waals surface area contributed by atoms with Crippen LogP contribution in [-0.2, 0) is 0 Å². The summed E-state index contributed by atoms with van der Waals surface area (Å²) in [6.45, 7) is -1.07. The van der Waals surface area contributed by atoms with Gasteiger partial charge < -0.3 is 20.1 Å². The molecule has 0 aromatic heterocycles. The topological polar surface area (TPSA) is 69.9 Å². The van der Waals surface area contributed by atoms with Gasteiger partial charge in [0.15, 0.2) is 0 Å². The average Bonchev–Trinajstić information content (AvgIpc) is 2.34. The van der Waals surface area contributed by atoms with Crippen molar-refractivity contribution in [3.8, 4) is 5.75 Å². The number of halogens is 1. The van der Waals surface area contributed by atoms with E-state index in [9.17, 15) is 0 Å². The number of hydrogen-bond donors (Lipinski definition) is 3. The number of para-hydroxylation sites is 1. The van der Waals surface area contributed by atoms with Crippen molar-refractivity contribution >= 4 is 11.6 Å². The lowest BCUT2D eigenvalue weighted by Gasteiger charge is -2.27. The van der Waals surface area contributed by atoms with Crippen LogP contribution in [0.3, 0.4) is 0 Å². The van der Waals surface area contributed by atoms with E-state index >= 15 is 0 Å². The summed E-state index contributed by atoms with van der Waals surface area (Å²) in [6.07, 6.45) is 0. The monoisotopic (exact) mass is 246 g/mol. The van der Waals surface area contributed by atoms with E-state index in [-0.39, 0.29) is 26.4 Å². The third-order valence-corrected chi connectivity index (χ3v) is 2.69. The fourth-order valence-corrected chi connectivity index (χ4v) is 1.27. The van der Waals surface area contributed by atoms with Gasteiger partial charge in [0.05, 0.1) is 30.3 Å². The average molecular weight is 247 g/mol. The van der Waals surface area contributed by atoms with E-state index in [1.807, 2.05) is 0 Å². The molecule has 90 valence electrons. The first kappa shape index (κ1) is 13.3. The highest BCUT2D eigenvalue weighted by Gasteiger charge is 2.29. The van der Waals surface area contributed by atoms with Gasteiger partial charge in [-0.25, -0.2) is 0 Å². The largest absolute Gasteiger partial charge is 0.491 e. The lowest BCUT2D eigenvalue weighted by molar-refractivity contribution is -0.0258. The fourth-order valence-electron chi connectivity index (χ4n) is 1.08. The molecule has 3 N–H and O–H groups in total. The minimum Gasteiger partial charge on any atom is -0.491 e. The molecule has 1 aromatic carbocycles. The molecular weight excluding hydrogens is 232 g/mol. The molecule has 0 aliphatic rings. The van der Waals surface area contributed by atoms with E-state index in [4.69, 9.17) is 31.7 Å². The summed E-state index contributed by atoms with van der Waals surface area (Å²) in [6, 6.07) is 6.89. The van der Waals surface area contributed by atoms with Crippen molar-refractivity contribution < 1.29 is 20.1 Å². The standard InChI is InChI=1S/C11H15ClO4/c12-9-3-1-2-4-10(9)16-8-11(5-13,6-14)7-15/h1-4,13-15H,5-8H2. The molecule has 0 atom stereocenters. The van der Waals surface area contributed by atoms with Crippen LogP contribution in [-0.4, -0.2) is 41.7 Å². The summed E-state index contributed by atoms with van der Waals surface area (Å²) in [5.41, 5.74) is -1.04. The maximum absolute atomic E-state index is 9.09. The summed E-state index contributed by atoms with van der Waals surface area (Å²) in [5.74, 6) is 0.462. The van der Waals surface area contributed by atoms with Crippen LogP contribution >= 0.6 is 11.6 Å². The molecular formula is C11H15ClO4. The second kappa shape index (κ2) is 6.06. The molecule has 0 radical (unpaired) electrons. The lowest BCUT2D eigenvalue weighted by Crippen LogP contribution is -2.39. The van der Waals surface area contributed by atoms with Gasteiger partial charge in [0.25, 0.3) is 0 Å². The quantitative estimate of drug-likeness (QED) is 0.691. The number of aliphatic hydroxyl groups excluding tert-OH is 3. The molecule has 5 heteroatoms. The van der Waals surface area contributed by atoms with Gasteiger partial charge in [-0.1, -0.05) is 23.7 Å². The predicted molar refractivity (Wildman–Crippen MR) is 60.6 cm³/mol. The Bertz CT molecular complexity index is 317. The third kappa shape index (κ3) is 3.09. The molecule has 4 nitrogen and oxygen atoms in total. The van der Waals surface area contributed by atoms with E-state index in [0.29, 0.717) is 10.8 Å². The molecule has 0 aliphatic carbocycles. The minimum absolute atomic E-state index is 0.000231. The minimum atomic E-state index is -1.04. The number of benzene rings is 1. The van der Waals surface area contributed by atoms with Gasteiger partial charge in [-0.3, -0.25) is 0 Å². The second-order valence-corrected chi connectivity index (χ2v) is 4.10. The van der Waals surface area contributed by atoms with Crippen molar-refractivity contribution in [3.63, 3.8) is 0 Å². The summed E-state index contributed by atoms with van der Waals surface area (Å²) in [5, 5.41) is 27.7. The Morgan fingerprint density at radius 2 is 1.62 bits per heavy atom. The second-order valence-electron chi connectivity index (χ2n) is 3.69. The molecule has 0 bridgehead atoms. The molecule has 0 aliphatic heterocycles. The lowest BCUT2D eigenvalue weighted by atomic mass is 9.93. The van der Waals surface area contributed by atoms with Crippen LogP contribution < -0.4 is 4.74 Å². The van der Waals surface area contributed by atoms with Crippen molar-refractivity contribution in [2.45, 2.75) is 0 Å². The number of hydrogen-bond acceptors (Lipinski definition) is 4. The van der Waals surface area contributed by atoms with Crippen LogP contribution in [0.4, 0.5) is 0 Å². The normalized spacial score (nSPS) is 11.5. The molecule has 0 saturated carbocycles. The molecule has 0 unspecified atom stereocenters. The zero-order valence-electron chi connectivity index (χ0n) is 8.77. The Hall–Kier alpha value is -0.810. The maximum atomic E-state index is 9.09. The van der Waals surface area contributed by atoms with E-state index in [1.165, 1.54) is 0 Å². The third-order valence-electron chi connectivity index (χ3n) is 2.38. The fraction of sp³-hybridized carbons (Fsp3) is 0.455. The Kier molecular flexibility index (Phi) is 5.02. The Morgan fingerprint density at radius 1 is 1.06 bits per heavy atom. The summed E-state index contributed by atoms with van der Waals surface area (Å²) in [4.78, 5) is 0. The smallest absolute Gasteiger partial charge is 0.137 e. The molecule has 1 rings (SSSR count). The Balaban J connectivity index is 2.66. The van der Waals surface area contributed by atoms with Crippen LogP contribution in [0.25, 0.3) is 0 Å². The highest BCUT2D eigenvalue weighted by Crippen LogP contribution is 2.25. The highest BCUT2D eigenvalue weighted by molar-refractivity contribution is 6.32. The van der Waals surface area contributed by atoms with E-state index in [1.54, 1.807) is 24.3 Å². The van der Waals surface area contributed by atoms with Gasteiger partial charge >= 0.3 is 0 Å². The van der Waals surface area contributed by atoms with Gasteiger partial charge in [0.2, 0.25) is 0 Å². The molecule has 16 heavy (non-hydrogen) atoms. The zero-order valence-corrected chi connectivity index (χ0v) is 9.52.